The maximum absolute atomic E-state index is 12.9. The van der Waals surface area contributed by atoms with E-state index in [1.165, 1.54) is 12.1 Å². The molecule has 1 aliphatic rings. The second kappa shape index (κ2) is 8.12. The minimum atomic E-state index is -3.65. The molecule has 0 unspecified atom stereocenters. The summed E-state index contributed by atoms with van der Waals surface area (Å²) >= 11 is 1.64. The third-order valence-electron chi connectivity index (χ3n) is 3.81. The van der Waals surface area contributed by atoms with E-state index in [0.717, 1.165) is 17.9 Å². The Labute approximate surface area is 140 Å². The van der Waals surface area contributed by atoms with Crippen LogP contribution in [0, 0.1) is 5.82 Å². The van der Waals surface area contributed by atoms with Gasteiger partial charge in [0, 0.05) is 31.3 Å². The lowest BCUT2D eigenvalue weighted by Gasteiger charge is -2.32. The number of thioether (sulfide) groups is 1. The van der Waals surface area contributed by atoms with Crippen molar-refractivity contribution in [3.05, 3.63) is 30.1 Å². The van der Waals surface area contributed by atoms with Crippen molar-refractivity contribution in [1.82, 2.24) is 9.62 Å². The van der Waals surface area contributed by atoms with Crippen LogP contribution in [0.4, 0.5) is 4.39 Å². The fourth-order valence-electron chi connectivity index (χ4n) is 2.50. The van der Waals surface area contributed by atoms with Crippen LogP contribution in [0.25, 0.3) is 0 Å². The van der Waals surface area contributed by atoms with Crippen molar-refractivity contribution >= 4 is 27.7 Å². The summed E-state index contributed by atoms with van der Waals surface area (Å²) in [5.41, 5.74) is 0. The molecule has 128 valence electrons. The molecule has 0 aliphatic carbocycles. The fourth-order valence-corrected chi connectivity index (χ4v) is 4.18. The normalized spacial score (nSPS) is 16.5. The van der Waals surface area contributed by atoms with Gasteiger partial charge in [-0.2, -0.15) is 11.8 Å². The number of halogens is 1. The minimum Gasteiger partial charge on any atom is -0.343 e. The van der Waals surface area contributed by atoms with Gasteiger partial charge in [-0.25, -0.2) is 17.5 Å². The number of nitrogens with one attached hydrogen (secondary N) is 1. The fraction of sp³-hybridized carbons (Fsp3) is 0.533. The van der Waals surface area contributed by atoms with Crippen LogP contribution in [0.3, 0.4) is 0 Å². The Morgan fingerprint density at radius 1 is 1.30 bits per heavy atom. The molecule has 1 aromatic carbocycles. The predicted octanol–water partition coefficient (Wildman–Crippen LogP) is 1.85. The molecular formula is C15H21FN2O3S2. The molecule has 1 aromatic rings. The lowest BCUT2D eigenvalue weighted by molar-refractivity contribution is -0.131. The summed E-state index contributed by atoms with van der Waals surface area (Å²) in [4.78, 5) is 13.8. The molecule has 0 atom stereocenters. The third-order valence-corrected chi connectivity index (χ3v) is 5.96. The highest BCUT2D eigenvalue weighted by atomic mass is 32.2. The summed E-state index contributed by atoms with van der Waals surface area (Å²) in [6.45, 7) is 1.12. The zero-order valence-electron chi connectivity index (χ0n) is 13.0. The van der Waals surface area contributed by atoms with Crippen LogP contribution in [-0.4, -0.2) is 50.4 Å². The highest BCUT2D eigenvalue weighted by molar-refractivity contribution is 7.98. The van der Waals surface area contributed by atoms with E-state index >= 15 is 0 Å². The van der Waals surface area contributed by atoms with E-state index in [1.807, 2.05) is 6.26 Å². The van der Waals surface area contributed by atoms with Gasteiger partial charge in [0.15, 0.2) is 0 Å². The molecule has 1 N–H and O–H groups in total. The summed E-state index contributed by atoms with van der Waals surface area (Å²) < 4.78 is 40.0. The van der Waals surface area contributed by atoms with Crippen LogP contribution in [0.2, 0.25) is 0 Å². The molecule has 0 radical (unpaired) electrons. The predicted molar refractivity (Wildman–Crippen MR) is 89.3 cm³/mol. The van der Waals surface area contributed by atoms with E-state index in [0.29, 0.717) is 32.4 Å². The molecular weight excluding hydrogens is 339 g/mol. The van der Waals surface area contributed by atoms with E-state index in [2.05, 4.69) is 4.72 Å². The number of sulfonamides is 1. The number of benzene rings is 1. The SMILES string of the molecule is CSCCC(=O)N1CCC(NS(=O)(=O)c2ccc(F)cc2)CC1. The molecule has 0 saturated carbocycles. The zero-order valence-corrected chi connectivity index (χ0v) is 14.6. The van der Waals surface area contributed by atoms with Crippen LogP contribution in [-0.2, 0) is 14.8 Å². The average Bonchev–Trinajstić information content (AvgIpc) is 2.53. The molecule has 0 spiro atoms. The maximum atomic E-state index is 12.9. The number of carbonyl (C=O) groups is 1. The first kappa shape index (κ1) is 18.2. The van der Waals surface area contributed by atoms with E-state index < -0.39 is 15.8 Å². The molecule has 8 heteroatoms. The zero-order chi connectivity index (χ0) is 16.9. The smallest absolute Gasteiger partial charge is 0.240 e. The second-order valence-corrected chi connectivity index (χ2v) is 8.17. The Morgan fingerprint density at radius 3 is 2.48 bits per heavy atom. The Kier molecular flexibility index (Phi) is 6.43. The van der Waals surface area contributed by atoms with E-state index in [9.17, 15) is 17.6 Å². The number of hydrogen-bond donors (Lipinski definition) is 1. The molecule has 23 heavy (non-hydrogen) atoms. The van der Waals surface area contributed by atoms with Crippen molar-refractivity contribution in [1.29, 1.82) is 0 Å². The average molecular weight is 360 g/mol. The molecule has 1 heterocycles. The van der Waals surface area contributed by atoms with Gasteiger partial charge in [-0.1, -0.05) is 0 Å². The highest BCUT2D eigenvalue weighted by Gasteiger charge is 2.26. The van der Waals surface area contributed by atoms with Gasteiger partial charge >= 0.3 is 0 Å². The molecule has 1 aliphatic heterocycles. The Bertz CT molecular complexity index is 627. The summed E-state index contributed by atoms with van der Waals surface area (Å²) in [6.07, 6.45) is 3.66. The lowest BCUT2D eigenvalue weighted by atomic mass is 10.1. The lowest BCUT2D eigenvalue weighted by Crippen LogP contribution is -2.46. The molecule has 0 aromatic heterocycles. The van der Waals surface area contributed by atoms with E-state index in [4.69, 9.17) is 0 Å². The van der Waals surface area contributed by atoms with Crippen LogP contribution in [0.15, 0.2) is 29.2 Å². The molecule has 1 fully saturated rings. The first-order chi connectivity index (χ1) is 10.9. The third kappa shape index (κ3) is 5.19. The monoisotopic (exact) mass is 360 g/mol. The van der Waals surface area contributed by atoms with E-state index in [1.54, 1.807) is 16.7 Å². The molecule has 2 rings (SSSR count). The van der Waals surface area contributed by atoms with Crippen molar-refractivity contribution in [3.63, 3.8) is 0 Å². The van der Waals surface area contributed by atoms with Crippen molar-refractivity contribution in [3.8, 4) is 0 Å². The molecule has 5 nitrogen and oxygen atoms in total. The highest BCUT2D eigenvalue weighted by Crippen LogP contribution is 2.16. The first-order valence-electron chi connectivity index (χ1n) is 7.47. The first-order valence-corrected chi connectivity index (χ1v) is 10.3. The Balaban J connectivity index is 1.88. The number of hydrogen-bond acceptors (Lipinski definition) is 4. The van der Waals surface area contributed by atoms with Gasteiger partial charge in [0.2, 0.25) is 15.9 Å². The number of piperidine rings is 1. The molecule has 1 saturated heterocycles. The van der Waals surface area contributed by atoms with Gasteiger partial charge < -0.3 is 4.90 Å². The van der Waals surface area contributed by atoms with Crippen LogP contribution in [0.5, 0.6) is 0 Å². The van der Waals surface area contributed by atoms with Crippen LogP contribution >= 0.6 is 11.8 Å². The number of likely N-dealkylation sites (tertiary alicyclic amines) is 1. The summed E-state index contributed by atoms with van der Waals surface area (Å²) in [5, 5.41) is 0. The van der Waals surface area contributed by atoms with Gasteiger partial charge in [0.1, 0.15) is 5.82 Å². The van der Waals surface area contributed by atoms with Gasteiger partial charge in [0.05, 0.1) is 4.90 Å². The largest absolute Gasteiger partial charge is 0.343 e. The second-order valence-electron chi connectivity index (χ2n) is 5.47. The van der Waals surface area contributed by atoms with Crippen molar-refractivity contribution in [2.45, 2.75) is 30.2 Å². The van der Waals surface area contributed by atoms with Crippen molar-refractivity contribution in [2.75, 3.05) is 25.1 Å². The van der Waals surface area contributed by atoms with E-state index in [-0.39, 0.29) is 16.8 Å². The topological polar surface area (TPSA) is 66.5 Å². The summed E-state index contributed by atoms with van der Waals surface area (Å²) in [7, 11) is -3.65. The Hall–Kier alpha value is -1.12. The number of rotatable bonds is 6. The van der Waals surface area contributed by atoms with Gasteiger partial charge in [0.25, 0.3) is 0 Å². The van der Waals surface area contributed by atoms with Gasteiger partial charge in [-0.05, 0) is 43.4 Å². The molecule has 1 amide bonds. The number of amides is 1. The van der Waals surface area contributed by atoms with Gasteiger partial charge in [-0.3, -0.25) is 4.79 Å². The van der Waals surface area contributed by atoms with Gasteiger partial charge in [-0.15, -0.1) is 0 Å². The number of nitrogens with zero attached hydrogens (tertiary/aromatic N) is 1. The van der Waals surface area contributed by atoms with Crippen molar-refractivity contribution < 1.29 is 17.6 Å². The van der Waals surface area contributed by atoms with Crippen LogP contribution < -0.4 is 4.72 Å². The number of carbonyl (C=O) groups excluding carboxylic acids is 1. The maximum Gasteiger partial charge on any atom is 0.240 e. The summed E-state index contributed by atoms with van der Waals surface area (Å²) in [5.74, 6) is 0.455. The quantitative estimate of drug-likeness (QED) is 0.841. The summed E-state index contributed by atoms with van der Waals surface area (Å²) in [6, 6.07) is 4.55. The Morgan fingerprint density at radius 2 is 1.91 bits per heavy atom. The molecule has 0 bridgehead atoms. The standard InChI is InChI=1S/C15H21FN2O3S2/c1-22-11-8-15(19)18-9-6-13(7-10-18)17-23(20,21)14-4-2-12(16)3-5-14/h2-5,13,17H,6-11H2,1H3. The minimum absolute atomic E-state index is 0.0531. The van der Waals surface area contributed by atoms with Crippen LogP contribution in [0.1, 0.15) is 19.3 Å². The van der Waals surface area contributed by atoms with Crippen molar-refractivity contribution in [2.24, 2.45) is 0 Å².